The normalized spacial score (nSPS) is 12.1. The van der Waals surface area contributed by atoms with Gasteiger partial charge in [-0.2, -0.15) is 5.10 Å². The van der Waals surface area contributed by atoms with Crippen LogP contribution < -0.4 is 5.32 Å². The number of hydrogen-bond donors (Lipinski definition) is 2. The second-order valence-electron chi connectivity index (χ2n) is 3.85. The van der Waals surface area contributed by atoms with Gasteiger partial charge >= 0.3 is 0 Å². The van der Waals surface area contributed by atoms with E-state index in [0.29, 0.717) is 17.2 Å². The molecule has 2 rings (SSSR count). The van der Waals surface area contributed by atoms with Gasteiger partial charge in [-0.3, -0.25) is 15.2 Å². The Labute approximate surface area is 103 Å². The summed E-state index contributed by atoms with van der Waals surface area (Å²) in [6, 6.07) is 1.36. The molecule has 8 heteroatoms. The third-order valence-electron chi connectivity index (χ3n) is 2.47. The Balaban J connectivity index is 2.17. The highest BCUT2D eigenvalue weighted by molar-refractivity contribution is 5.49. The monoisotopic (exact) mass is 248 g/mol. The lowest BCUT2D eigenvalue weighted by Crippen LogP contribution is -2.11. The van der Waals surface area contributed by atoms with E-state index in [1.165, 1.54) is 18.6 Å². The molecule has 0 aliphatic heterocycles. The summed E-state index contributed by atoms with van der Waals surface area (Å²) in [5.41, 5.74) is 0.681. The minimum atomic E-state index is -0.469. The van der Waals surface area contributed by atoms with Gasteiger partial charge in [-0.15, -0.1) is 0 Å². The first-order chi connectivity index (χ1) is 8.58. The van der Waals surface area contributed by atoms with Gasteiger partial charge in [-0.1, -0.05) is 0 Å². The van der Waals surface area contributed by atoms with Gasteiger partial charge in [0.2, 0.25) is 0 Å². The lowest BCUT2D eigenvalue weighted by molar-refractivity contribution is -0.385. The zero-order chi connectivity index (χ0) is 13.1. The Morgan fingerprint density at radius 1 is 1.50 bits per heavy atom. The van der Waals surface area contributed by atoms with Crippen molar-refractivity contribution in [3.8, 4) is 0 Å². The standard InChI is InChI=1S/C10H12N6O2/c1-6-3-8(16(17)18)4-11-9(6)14-7(2)10-12-5-13-15-10/h3-5,7H,1-2H3,(H,11,14)(H,12,13,15). The van der Waals surface area contributed by atoms with Crippen LogP contribution >= 0.6 is 0 Å². The minimum Gasteiger partial charge on any atom is -0.360 e. The molecule has 1 atom stereocenters. The van der Waals surface area contributed by atoms with Crippen LogP contribution in [0.15, 0.2) is 18.6 Å². The molecule has 94 valence electrons. The molecule has 0 fully saturated rings. The molecular formula is C10H12N6O2. The molecule has 0 spiro atoms. The van der Waals surface area contributed by atoms with Crippen LogP contribution in [0.3, 0.4) is 0 Å². The molecule has 8 nitrogen and oxygen atoms in total. The molecule has 0 aliphatic carbocycles. The maximum atomic E-state index is 10.6. The second kappa shape index (κ2) is 4.78. The van der Waals surface area contributed by atoms with Crippen molar-refractivity contribution in [1.82, 2.24) is 20.2 Å². The van der Waals surface area contributed by atoms with E-state index in [9.17, 15) is 10.1 Å². The predicted molar refractivity (Wildman–Crippen MR) is 64.0 cm³/mol. The quantitative estimate of drug-likeness (QED) is 0.628. The van der Waals surface area contributed by atoms with Crippen LogP contribution in [0.4, 0.5) is 11.5 Å². The number of aromatic amines is 1. The van der Waals surface area contributed by atoms with E-state index in [-0.39, 0.29) is 11.7 Å². The highest BCUT2D eigenvalue weighted by Gasteiger charge is 2.13. The summed E-state index contributed by atoms with van der Waals surface area (Å²) in [5.74, 6) is 1.26. The Morgan fingerprint density at radius 3 is 2.83 bits per heavy atom. The Morgan fingerprint density at radius 2 is 2.28 bits per heavy atom. The highest BCUT2D eigenvalue weighted by atomic mass is 16.6. The van der Waals surface area contributed by atoms with Crippen molar-refractivity contribution in [3.05, 3.63) is 40.1 Å². The first kappa shape index (κ1) is 12.0. The first-order valence-corrected chi connectivity index (χ1v) is 5.30. The molecule has 2 heterocycles. The molecule has 0 aromatic carbocycles. The number of pyridine rings is 1. The Hall–Kier alpha value is -2.51. The summed E-state index contributed by atoms with van der Waals surface area (Å²) in [4.78, 5) is 18.2. The summed E-state index contributed by atoms with van der Waals surface area (Å²) >= 11 is 0. The van der Waals surface area contributed by atoms with Gasteiger partial charge in [-0.25, -0.2) is 9.97 Å². The minimum absolute atomic E-state index is 0.0228. The molecular weight excluding hydrogens is 236 g/mol. The largest absolute Gasteiger partial charge is 0.360 e. The molecule has 0 bridgehead atoms. The van der Waals surface area contributed by atoms with Crippen molar-refractivity contribution < 1.29 is 4.92 Å². The number of hydrogen-bond acceptors (Lipinski definition) is 6. The van der Waals surface area contributed by atoms with Gasteiger partial charge in [-0.05, 0) is 19.4 Å². The van der Waals surface area contributed by atoms with Crippen LogP contribution in [0.1, 0.15) is 24.4 Å². The van der Waals surface area contributed by atoms with Gasteiger partial charge in [0.25, 0.3) is 5.69 Å². The number of aromatic nitrogens is 4. The van der Waals surface area contributed by atoms with Crippen LogP contribution in [0.2, 0.25) is 0 Å². The van der Waals surface area contributed by atoms with Gasteiger partial charge in [0.1, 0.15) is 24.2 Å². The fraction of sp³-hybridized carbons (Fsp3) is 0.300. The molecule has 0 saturated heterocycles. The van der Waals surface area contributed by atoms with Crippen LogP contribution in [0.25, 0.3) is 0 Å². The van der Waals surface area contributed by atoms with Crippen molar-refractivity contribution in [2.75, 3.05) is 5.32 Å². The van der Waals surface area contributed by atoms with Gasteiger partial charge in [0.15, 0.2) is 0 Å². The SMILES string of the molecule is Cc1cc([N+](=O)[O-])cnc1NC(C)c1ncn[nH]1. The third kappa shape index (κ3) is 2.42. The van der Waals surface area contributed by atoms with Crippen molar-refractivity contribution >= 4 is 11.5 Å². The zero-order valence-electron chi connectivity index (χ0n) is 9.91. The van der Waals surface area contributed by atoms with E-state index in [1.54, 1.807) is 6.92 Å². The molecule has 0 aliphatic rings. The number of H-pyrrole nitrogens is 1. The van der Waals surface area contributed by atoms with Gasteiger partial charge in [0, 0.05) is 6.07 Å². The van der Waals surface area contributed by atoms with E-state index >= 15 is 0 Å². The van der Waals surface area contributed by atoms with Crippen molar-refractivity contribution in [2.45, 2.75) is 19.9 Å². The number of aryl methyl sites for hydroxylation is 1. The maximum absolute atomic E-state index is 10.6. The molecule has 2 N–H and O–H groups in total. The molecule has 0 amide bonds. The topological polar surface area (TPSA) is 110 Å². The third-order valence-corrected chi connectivity index (χ3v) is 2.47. The molecule has 18 heavy (non-hydrogen) atoms. The predicted octanol–water partition coefficient (Wildman–Crippen LogP) is 1.59. The van der Waals surface area contributed by atoms with Crippen molar-refractivity contribution in [2.24, 2.45) is 0 Å². The molecule has 2 aromatic heterocycles. The summed E-state index contributed by atoms with van der Waals surface area (Å²) in [5, 5.41) is 20.2. The second-order valence-corrected chi connectivity index (χ2v) is 3.85. The fourth-order valence-corrected chi connectivity index (χ4v) is 1.51. The summed E-state index contributed by atoms with van der Waals surface area (Å²) in [6.45, 7) is 3.65. The highest BCUT2D eigenvalue weighted by Crippen LogP contribution is 2.21. The van der Waals surface area contributed by atoms with Crippen molar-refractivity contribution in [3.63, 3.8) is 0 Å². The number of nitro groups is 1. The smallest absolute Gasteiger partial charge is 0.287 e. The zero-order valence-corrected chi connectivity index (χ0v) is 9.91. The van der Waals surface area contributed by atoms with Gasteiger partial charge < -0.3 is 5.32 Å². The fourth-order valence-electron chi connectivity index (χ4n) is 1.51. The van der Waals surface area contributed by atoms with E-state index in [1.807, 2.05) is 6.92 Å². The lowest BCUT2D eigenvalue weighted by Gasteiger charge is -2.13. The van der Waals surface area contributed by atoms with Gasteiger partial charge in [0.05, 0.1) is 11.0 Å². The van der Waals surface area contributed by atoms with E-state index in [0.717, 1.165) is 0 Å². The number of nitrogens with zero attached hydrogens (tertiary/aromatic N) is 4. The molecule has 0 radical (unpaired) electrons. The molecule has 2 aromatic rings. The molecule has 0 saturated carbocycles. The van der Waals surface area contributed by atoms with Crippen molar-refractivity contribution in [1.29, 1.82) is 0 Å². The number of nitrogens with one attached hydrogen (secondary N) is 2. The number of rotatable bonds is 4. The lowest BCUT2D eigenvalue weighted by atomic mass is 10.2. The van der Waals surface area contributed by atoms with E-state index in [4.69, 9.17) is 0 Å². The van der Waals surface area contributed by atoms with E-state index < -0.39 is 4.92 Å². The maximum Gasteiger partial charge on any atom is 0.287 e. The van der Waals surface area contributed by atoms with Crippen LogP contribution in [0, 0.1) is 17.0 Å². The summed E-state index contributed by atoms with van der Waals surface area (Å²) in [6.07, 6.45) is 2.64. The van der Waals surface area contributed by atoms with Crippen LogP contribution in [0.5, 0.6) is 0 Å². The average Bonchev–Trinajstić information content (AvgIpc) is 2.85. The summed E-state index contributed by atoms with van der Waals surface area (Å²) < 4.78 is 0. The Kier molecular flexibility index (Phi) is 3.18. The van der Waals surface area contributed by atoms with Crippen LogP contribution in [-0.2, 0) is 0 Å². The first-order valence-electron chi connectivity index (χ1n) is 5.30. The molecule has 1 unspecified atom stereocenters. The number of anilines is 1. The average molecular weight is 248 g/mol. The summed E-state index contributed by atoms with van der Waals surface area (Å²) in [7, 11) is 0. The van der Waals surface area contributed by atoms with Crippen LogP contribution in [-0.4, -0.2) is 25.1 Å². The van der Waals surface area contributed by atoms with E-state index in [2.05, 4.69) is 25.5 Å². The Bertz CT molecular complexity index is 554.